The number of piperidine rings is 1. The molecule has 1 spiro atoms. The first kappa shape index (κ1) is 63.8. The van der Waals surface area contributed by atoms with Gasteiger partial charge in [-0.05, 0) is 200 Å². The van der Waals surface area contributed by atoms with Gasteiger partial charge in [-0.25, -0.2) is 9.78 Å². The lowest BCUT2D eigenvalue weighted by molar-refractivity contribution is -0.147. The molecule has 3 fully saturated rings. The van der Waals surface area contributed by atoms with Crippen molar-refractivity contribution in [2.24, 2.45) is 22.7 Å². The molecule has 10 rings (SSSR count). The van der Waals surface area contributed by atoms with E-state index in [-0.39, 0.29) is 36.1 Å². The first-order valence-corrected chi connectivity index (χ1v) is 31.6. The van der Waals surface area contributed by atoms with Crippen molar-refractivity contribution in [2.75, 3.05) is 45.7 Å². The Kier molecular flexibility index (Phi) is 18.9. The summed E-state index contributed by atoms with van der Waals surface area (Å²) in [6, 6.07) is 18.1. The summed E-state index contributed by atoms with van der Waals surface area (Å²) in [5.74, 6) is 0.463. The molecule has 5 aromatic rings. The number of benzene rings is 3. The van der Waals surface area contributed by atoms with E-state index in [1.807, 2.05) is 62.0 Å². The summed E-state index contributed by atoms with van der Waals surface area (Å²) in [6.45, 7) is 16.6. The van der Waals surface area contributed by atoms with Crippen LogP contribution in [0.15, 0.2) is 79.0 Å². The summed E-state index contributed by atoms with van der Waals surface area (Å²) >= 11 is 0. The number of halogens is 3. The van der Waals surface area contributed by atoms with Crippen LogP contribution in [-0.4, -0.2) is 123 Å². The van der Waals surface area contributed by atoms with Gasteiger partial charge < -0.3 is 40.0 Å². The molecule has 0 bridgehead atoms. The fourth-order valence-electron chi connectivity index (χ4n) is 14.0. The maximum absolute atomic E-state index is 15.1. The normalized spacial score (nSPS) is 21.2. The zero-order chi connectivity index (χ0) is 62.9. The highest BCUT2D eigenvalue weighted by atomic mass is 19.4. The first-order chi connectivity index (χ1) is 41.7. The number of hydrogen-bond acceptors (Lipinski definition) is 11. The van der Waals surface area contributed by atoms with E-state index in [0.29, 0.717) is 53.0 Å². The number of anilines is 1. The Morgan fingerprint density at radius 1 is 0.852 bits per heavy atom. The molecule has 20 heteroatoms. The summed E-state index contributed by atoms with van der Waals surface area (Å²) in [5, 5.41) is 14.7. The van der Waals surface area contributed by atoms with Crippen LogP contribution in [-0.2, 0) is 44.7 Å². The van der Waals surface area contributed by atoms with Crippen LogP contribution in [0.4, 0.5) is 23.7 Å². The molecule has 3 N–H and O–H groups in total. The van der Waals surface area contributed by atoms with Gasteiger partial charge in [0.2, 0.25) is 17.7 Å². The maximum atomic E-state index is 15.1. The Morgan fingerprint density at radius 2 is 1.59 bits per heavy atom. The number of methoxy groups -OCH3 is 1. The number of hydrogen-bond donors (Lipinski definition) is 3. The number of nitrogens with zero attached hydrogens (tertiary/aromatic N) is 6. The van der Waals surface area contributed by atoms with E-state index in [0.717, 1.165) is 112 Å². The van der Waals surface area contributed by atoms with Gasteiger partial charge in [-0.3, -0.25) is 28.8 Å². The van der Waals surface area contributed by atoms with Crippen LogP contribution in [0.25, 0.3) is 10.9 Å². The van der Waals surface area contributed by atoms with Crippen molar-refractivity contribution < 1.29 is 51.4 Å². The number of rotatable bonds is 17. The molecule has 474 valence electrons. The first-order valence-electron chi connectivity index (χ1n) is 31.6. The Hall–Kier alpha value is -7.22. The van der Waals surface area contributed by atoms with Gasteiger partial charge in [0.05, 0.1) is 37.0 Å². The Morgan fingerprint density at radius 3 is 2.30 bits per heavy atom. The second-order valence-corrected chi connectivity index (χ2v) is 27.7. The van der Waals surface area contributed by atoms with Gasteiger partial charge in [-0.2, -0.15) is 18.3 Å². The van der Waals surface area contributed by atoms with Crippen molar-refractivity contribution in [2.45, 2.75) is 187 Å². The van der Waals surface area contributed by atoms with Crippen molar-refractivity contribution >= 4 is 46.3 Å². The summed E-state index contributed by atoms with van der Waals surface area (Å²) in [5.41, 5.74) is 2.62. The predicted molar refractivity (Wildman–Crippen MR) is 330 cm³/mol. The third-order valence-electron chi connectivity index (χ3n) is 19.1. The standard InChI is InChI=1S/C68H88F3N9O8/c1-42(77(8)64(85)88-66(5,6)7)60(81)75-59(65(2,3)4)63(84)79-40-47-33-50(27-24-46(47)35-56(79)62(83)73-52-19-12-17-45-16-10-11-18-51(45)52)87-32-14-15-44-37-67(38-44)28-30-78(31-29-67)39-43-22-25-49(26-23-43)80-41-48-34-55(57(86-9)36-54(48)76-80)74-61(82)53-20-13-21-58(72-53)68(69,70)71/h10-11,13,16,18,20-21,24,27,33-34,36,41-44,49,52,56,59H,12,14-15,17,19,22-23,25-26,28-32,35,37-40H2,1-9H3,(H,73,83)(H,74,82)(H,75,81)/t42-,43-,49-,52+,56-,59+/m0/s1. The molecule has 0 unspecified atom stereocenters. The van der Waals surface area contributed by atoms with E-state index in [1.165, 1.54) is 56.4 Å². The number of aromatic nitrogens is 3. The highest BCUT2D eigenvalue weighted by Crippen LogP contribution is 2.54. The number of likely N-dealkylation sites (N-methyl/N-ethyl adjacent to an activating group) is 1. The minimum Gasteiger partial charge on any atom is -0.494 e. The van der Waals surface area contributed by atoms with Crippen molar-refractivity contribution in [1.82, 2.24) is 40.1 Å². The molecule has 2 aliphatic heterocycles. The molecule has 3 aromatic carbocycles. The minimum atomic E-state index is -4.67. The highest BCUT2D eigenvalue weighted by molar-refractivity contribution is 6.05. The van der Waals surface area contributed by atoms with Crippen LogP contribution in [0.3, 0.4) is 0 Å². The minimum absolute atomic E-state index is 0.151. The van der Waals surface area contributed by atoms with Crippen molar-refractivity contribution in [1.29, 1.82) is 0 Å². The van der Waals surface area contributed by atoms with E-state index < -0.39 is 58.9 Å². The number of carbonyl (C=O) groups is 5. The summed E-state index contributed by atoms with van der Waals surface area (Å²) in [6.07, 6.45) is 10.9. The quantitative estimate of drug-likeness (QED) is 0.0751. The summed E-state index contributed by atoms with van der Waals surface area (Å²) in [7, 11) is 2.97. The van der Waals surface area contributed by atoms with Gasteiger partial charge in [-0.1, -0.05) is 57.2 Å². The average molecular weight is 1220 g/mol. The van der Waals surface area contributed by atoms with Crippen LogP contribution >= 0.6 is 0 Å². The molecule has 1 saturated heterocycles. The fourth-order valence-corrected chi connectivity index (χ4v) is 14.0. The topological polar surface area (TPSA) is 190 Å². The number of carbonyl (C=O) groups excluding carboxylic acids is 5. The molecule has 2 aromatic heterocycles. The number of nitrogens with one attached hydrogen (secondary N) is 3. The van der Waals surface area contributed by atoms with Crippen LogP contribution in [0.5, 0.6) is 11.5 Å². The van der Waals surface area contributed by atoms with Gasteiger partial charge in [0.15, 0.2) is 0 Å². The Bertz CT molecular complexity index is 3350. The molecule has 4 heterocycles. The molecule has 17 nitrogen and oxygen atoms in total. The van der Waals surface area contributed by atoms with Crippen molar-refractivity contribution in [3.05, 3.63) is 113 Å². The van der Waals surface area contributed by atoms with E-state index in [2.05, 4.69) is 38.0 Å². The third kappa shape index (κ3) is 14.9. The molecule has 88 heavy (non-hydrogen) atoms. The maximum Gasteiger partial charge on any atom is 0.433 e. The summed E-state index contributed by atoms with van der Waals surface area (Å²) in [4.78, 5) is 78.8. The molecular weight excluding hydrogens is 1130 g/mol. The fraction of sp³-hybridized carbons (Fsp3) is 0.574. The number of aryl methyl sites for hydroxylation is 1. The summed E-state index contributed by atoms with van der Waals surface area (Å²) < 4.78 is 59.4. The lowest BCUT2D eigenvalue weighted by atomic mass is 9.56. The number of amides is 5. The van der Waals surface area contributed by atoms with Crippen molar-refractivity contribution in [3.63, 3.8) is 0 Å². The van der Waals surface area contributed by atoms with Crippen molar-refractivity contribution in [3.8, 4) is 11.5 Å². The van der Waals surface area contributed by atoms with Crippen LogP contribution in [0, 0.1) is 22.7 Å². The van der Waals surface area contributed by atoms with E-state index in [9.17, 15) is 32.3 Å². The lowest BCUT2D eigenvalue weighted by Crippen LogP contribution is -2.62. The molecular formula is C68H88F3N9O8. The second-order valence-electron chi connectivity index (χ2n) is 27.7. The average Bonchev–Trinajstić information content (AvgIpc) is 1.98. The van der Waals surface area contributed by atoms with E-state index in [1.54, 1.807) is 44.7 Å². The lowest BCUT2D eigenvalue weighted by Gasteiger charge is -2.53. The molecule has 0 radical (unpaired) electrons. The number of pyridine rings is 1. The predicted octanol–water partition coefficient (Wildman–Crippen LogP) is 12.0. The largest absolute Gasteiger partial charge is 0.494 e. The van der Waals surface area contributed by atoms with E-state index >= 15 is 4.79 Å². The smallest absolute Gasteiger partial charge is 0.433 e. The van der Waals surface area contributed by atoms with Crippen LogP contribution < -0.4 is 25.4 Å². The van der Waals surface area contributed by atoms with Gasteiger partial charge in [0.25, 0.3) is 5.91 Å². The highest BCUT2D eigenvalue weighted by Gasteiger charge is 2.47. The van der Waals surface area contributed by atoms with Crippen LogP contribution in [0.2, 0.25) is 0 Å². The molecule has 2 saturated carbocycles. The zero-order valence-corrected chi connectivity index (χ0v) is 52.6. The Balaban J connectivity index is 0.690. The SMILES string of the molecule is COc1cc2nn([C@H]3CC[C@H](CN4CCC5(CC4)CC(CCCOc4ccc6c(c4)CN(C(=O)[C@@H](NC(=O)[C@H](C)N(C)C(=O)OC(C)(C)C)C(C)(C)C)[C@H](C(=O)N[C@@H]4CCCc7ccccc74)C6)C5)CC3)cc2cc1NC(=O)c1cccc(C(F)(F)F)n1. The zero-order valence-electron chi connectivity index (χ0n) is 52.6. The van der Waals surface area contributed by atoms with Gasteiger partial charge in [-0.15, -0.1) is 0 Å². The molecule has 5 aliphatic rings. The van der Waals surface area contributed by atoms with Gasteiger partial charge in [0.1, 0.15) is 46.6 Å². The van der Waals surface area contributed by atoms with Gasteiger partial charge in [0, 0.05) is 44.2 Å². The number of alkyl halides is 3. The number of ether oxygens (including phenoxy) is 3. The van der Waals surface area contributed by atoms with Gasteiger partial charge >= 0.3 is 12.3 Å². The van der Waals surface area contributed by atoms with E-state index in [4.69, 9.17) is 19.3 Å². The Labute approximate surface area is 515 Å². The number of likely N-dealkylation sites (tertiary alicyclic amines) is 1. The second kappa shape index (κ2) is 26.1. The third-order valence-corrected chi connectivity index (χ3v) is 19.1. The molecule has 3 aliphatic carbocycles. The monoisotopic (exact) mass is 1220 g/mol. The molecule has 5 amide bonds. The number of fused-ring (bicyclic) bond motifs is 3. The van der Waals surface area contributed by atoms with Crippen LogP contribution in [0.1, 0.15) is 176 Å². The molecule has 4 atom stereocenters.